The number of rotatable bonds is 5. The predicted octanol–water partition coefficient (Wildman–Crippen LogP) is 1.92. The maximum atomic E-state index is 5.77. The summed E-state index contributed by atoms with van der Waals surface area (Å²) < 4.78 is 11.1. The maximum Gasteiger partial charge on any atom is 0.0717 e. The molecule has 0 aromatic heterocycles. The SMILES string of the molecule is COC1C[C@@H](COCc2ccccc2)N(C)C1. The zero-order valence-electron chi connectivity index (χ0n) is 10.6. The Morgan fingerprint density at radius 2 is 2.06 bits per heavy atom. The second kappa shape index (κ2) is 6.15. The van der Waals surface area contributed by atoms with E-state index in [1.165, 1.54) is 5.56 Å². The van der Waals surface area contributed by atoms with Crippen molar-refractivity contribution in [1.29, 1.82) is 0 Å². The van der Waals surface area contributed by atoms with Gasteiger partial charge in [-0.05, 0) is 19.0 Å². The van der Waals surface area contributed by atoms with E-state index in [9.17, 15) is 0 Å². The van der Waals surface area contributed by atoms with Crippen molar-refractivity contribution in [3.05, 3.63) is 35.9 Å². The first-order valence-electron chi connectivity index (χ1n) is 6.14. The molecule has 0 bridgehead atoms. The second-order valence-corrected chi connectivity index (χ2v) is 4.69. The fourth-order valence-electron chi connectivity index (χ4n) is 2.28. The molecule has 1 aliphatic heterocycles. The van der Waals surface area contributed by atoms with E-state index < -0.39 is 0 Å². The molecule has 2 atom stereocenters. The molecule has 1 heterocycles. The Hall–Kier alpha value is -0.900. The zero-order valence-corrected chi connectivity index (χ0v) is 10.6. The molecule has 0 aliphatic carbocycles. The summed E-state index contributed by atoms with van der Waals surface area (Å²) in [6.45, 7) is 2.49. The van der Waals surface area contributed by atoms with Crippen LogP contribution in [0.25, 0.3) is 0 Å². The quantitative estimate of drug-likeness (QED) is 0.778. The van der Waals surface area contributed by atoms with E-state index in [1.807, 2.05) is 18.2 Å². The van der Waals surface area contributed by atoms with Gasteiger partial charge in [-0.15, -0.1) is 0 Å². The summed E-state index contributed by atoms with van der Waals surface area (Å²) in [7, 11) is 3.92. The van der Waals surface area contributed by atoms with Gasteiger partial charge in [0.2, 0.25) is 0 Å². The van der Waals surface area contributed by atoms with E-state index in [0.717, 1.165) is 19.6 Å². The van der Waals surface area contributed by atoms with Gasteiger partial charge in [0.05, 0.1) is 19.3 Å². The van der Waals surface area contributed by atoms with Crippen molar-refractivity contribution in [2.45, 2.75) is 25.2 Å². The highest BCUT2D eigenvalue weighted by atomic mass is 16.5. The molecule has 1 aromatic carbocycles. The first-order valence-corrected chi connectivity index (χ1v) is 6.14. The van der Waals surface area contributed by atoms with Gasteiger partial charge in [-0.1, -0.05) is 30.3 Å². The average molecular weight is 235 g/mol. The van der Waals surface area contributed by atoms with Crippen molar-refractivity contribution in [2.24, 2.45) is 0 Å². The molecule has 1 aromatic rings. The second-order valence-electron chi connectivity index (χ2n) is 4.69. The Morgan fingerprint density at radius 3 is 2.71 bits per heavy atom. The van der Waals surface area contributed by atoms with Gasteiger partial charge in [0.1, 0.15) is 0 Å². The largest absolute Gasteiger partial charge is 0.380 e. The van der Waals surface area contributed by atoms with E-state index in [2.05, 4.69) is 24.1 Å². The lowest BCUT2D eigenvalue weighted by atomic mass is 10.2. The van der Waals surface area contributed by atoms with Crippen LogP contribution in [-0.4, -0.2) is 44.4 Å². The molecule has 1 aliphatic rings. The Balaban J connectivity index is 1.72. The summed E-state index contributed by atoms with van der Waals surface area (Å²) in [5.74, 6) is 0. The lowest BCUT2D eigenvalue weighted by Crippen LogP contribution is -2.29. The molecule has 94 valence electrons. The number of nitrogens with zero attached hydrogens (tertiary/aromatic N) is 1. The van der Waals surface area contributed by atoms with Crippen LogP contribution in [-0.2, 0) is 16.1 Å². The van der Waals surface area contributed by atoms with Crippen LogP contribution in [0.2, 0.25) is 0 Å². The molecule has 0 spiro atoms. The number of ether oxygens (including phenoxy) is 2. The number of hydrogen-bond acceptors (Lipinski definition) is 3. The smallest absolute Gasteiger partial charge is 0.0717 e. The van der Waals surface area contributed by atoms with Crippen molar-refractivity contribution >= 4 is 0 Å². The number of benzene rings is 1. The molecule has 0 saturated carbocycles. The highest BCUT2D eigenvalue weighted by Gasteiger charge is 2.29. The van der Waals surface area contributed by atoms with Gasteiger partial charge < -0.3 is 9.47 Å². The molecule has 2 rings (SSSR count). The third-order valence-corrected chi connectivity index (χ3v) is 3.41. The third kappa shape index (κ3) is 3.53. The molecule has 3 nitrogen and oxygen atoms in total. The highest BCUT2D eigenvalue weighted by molar-refractivity contribution is 5.13. The number of likely N-dealkylation sites (tertiary alicyclic amines) is 1. The first kappa shape index (κ1) is 12.6. The molecule has 3 heteroatoms. The van der Waals surface area contributed by atoms with Gasteiger partial charge in [0.25, 0.3) is 0 Å². The Kier molecular flexibility index (Phi) is 4.54. The fourth-order valence-corrected chi connectivity index (χ4v) is 2.28. The fraction of sp³-hybridized carbons (Fsp3) is 0.571. The van der Waals surface area contributed by atoms with Crippen LogP contribution in [0.15, 0.2) is 30.3 Å². The lowest BCUT2D eigenvalue weighted by Gasteiger charge is -2.18. The number of methoxy groups -OCH3 is 1. The van der Waals surface area contributed by atoms with Crippen LogP contribution >= 0.6 is 0 Å². The van der Waals surface area contributed by atoms with E-state index >= 15 is 0 Å². The molecule has 0 amide bonds. The minimum absolute atomic E-state index is 0.366. The molecular formula is C14H21NO2. The number of likely N-dealkylation sites (N-methyl/N-ethyl adjacent to an activating group) is 1. The van der Waals surface area contributed by atoms with Crippen molar-refractivity contribution in [1.82, 2.24) is 4.90 Å². The number of hydrogen-bond donors (Lipinski definition) is 0. The van der Waals surface area contributed by atoms with Crippen LogP contribution in [0.4, 0.5) is 0 Å². The summed E-state index contributed by atoms with van der Waals surface area (Å²) in [5, 5.41) is 0. The van der Waals surface area contributed by atoms with Gasteiger partial charge in [-0.2, -0.15) is 0 Å². The maximum absolute atomic E-state index is 5.77. The van der Waals surface area contributed by atoms with Crippen LogP contribution in [0.5, 0.6) is 0 Å². The van der Waals surface area contributed by atoms with Crippen molar-refractivity contribution in [2.75, 3.05) is 27.3 Å². The van der Waals surface area contributed by atoms with Crippen molar-refractivity contribution in [3.63, 3.8) is 0 Å². The normalized spacial score (nSPS) is 25.3. The van der Waals surface area contributed by atoms with Gasteiger partial charge in [-0.3, -0.25) is 4.90 Å². The molecule has 1 saturated heterocycles. The minimum atomic E-state index is 0.366. The first-order chi connectivity index (χ1) is 8.29. The summed E-state index contributed by atoms with van der Waals surface area (Å²) >= 11 is 0. The molecule has 17 heavy (non-hydrogen) atoms. The van der Waals surface area contributed by atoms with Gasteiger partial charge >= 0.3 is 0 Å². The van der Waals surface area contributed by atoms with Crippen LogP contribution in [0, 0.1) is 0 Å². The molecular weight excluding hydrogens is 214 g/mol. The van der Waals surface area contributed by atoms with Crippen LogP contribution in [0.1, 0.15) is 12.0 Å². The van der Waals surface area contributed by atoms with Crippen LogP contribution < -0.4 is 0 Å². The van der Waals surface area contributed by atoms with Gasteiger partial charge in [-0.25, -0.2) is 0 Å². The monoisotopic (exact) mass is 235 g/mol. The summed E-state index contributed by atoms with van der Waals surface area (Å²) in [5.41, 5.74) is 1.23. The van der Waals surface area contributed by atoms with Crippen molar-refractivity contribution in [3.8, 4) is 0 Å². The standard InChI is InChI=1S/C14H21NO2/c1-15-9-14(16-2)8-13(15)11-17-10-12-6-4-3-5-7-12/h3-7,13-14H,8-11H2,1-2H3/t13-,14?/m0/s1. The van der Waals surface area contributed by atoms with E-state index in [1.54, 1.807) is 7.11 Å². The molecule has 1 fully saturated rings. The zero-order chi connectivity index (χ0) is 12.1. The molecule has 0 radical (unpaired) electrons. The third-order valence-electron chi connectivity index (χ3n) is 3.41. The minimum Gasteiger partial charge on any atom is -0.380 e. The summed E-state index contributed by atoms with van der Waals surface area (Å²) in [4.78, 5) is 2.32. The topological polar surface area (TPSA) is 21.7 Å². The lowest BCUT2D eigenvalue weighted by molar-refractivity contribution is 0.0739. The van der Waals surface area contributed by atoms with E-state index in [0.29, 0.717) is 18.8 Å². The predicted molar refractivity (Wildman–Crippen MR) is 67.9 cm³/mol. The average Bonchev–Trinajstić information content (AvgIpc) is 2.72. The molecule has 0 N–H and O–H groups in total. The summed E-state index contributed by atoms with van der Waals surface area (Å²) in [6, 6.07) is 10.8. The molecule has 1 unspecified atom stereocenters. The Morgan fingerprint density at radius 1 is 1.29 bits per heavy atom. The Bertz CT molecular complexity index is 328. The van der Waals surface area contributed by atoms with Gasteiger partial charge in [0.15, 0.2) is 0 Å². The van der Waals surface area contributed by atoms with Gasteiger partial charge in [0, 0.05) is 19.7 Å². The Labute approximate surface area is 103 Å². The van der Waals surface area contributed by atoms with Crippen molar-refractivity contribution < 1.29 is 9.47 Å². The highest BCUT2D eigenvalue weighted by Crippen LogP contribution is 2.18. The summed E-state index contributed by atoms with van der Waals surface area (Å²) in [6.07, 6.45) is 1.44. The van der Waals surface area contributed by atoms with E-state index in [-0.39, 0.29) is 0 Å². The van der Waals surface area contributed by atoms with E-state index in [4.69, 9.17) is 9.47 Å². The van der Waals surface area contributed by atoms with Crippen LogP contribution in [0.3, 0.4) is 0 Å².